The van der Waals surface area contributed by atoms with E-state index in [0.717, 1.165) is 22.6 Å². The average molecular weight is 739 g/mol. The standard InChI is InChI=1S/2C21H28P.C5H8.Ti/c2*1-3-11-19(12-4-1)22(20-13-5-2-6-14-20)21-15-17-9-7-8-10-18(17)16-21;1-3-5-4-2;/h2*7-10,15-16,19-20H,1-6,11-14H2;3-5H,1H2,2H3;/q2*-1;;+2. The molecule has 4 fully saturated rings. The van der Waals surface area contributed by atoms with Crippen molar-refractivity contribution in [3.8, 4) is 0 Å². The van der Waals surface area contributed by atoms with E-state index >= 15 is 0 Å². The van der Waals surface area contributed by atoms with Crippen molar-refractivity contribution >= 4 is 48.0 Å². The summed E-state index contributed by atoms with van der Waals surface area (Å²) in [6, 6.07) is 28.1. The zero-order valence-electron chi connectivity index (χ0n) is 31.2. The summed E-state index contributed by atoms with van der Waals surface area (Å²) in [4.78, 5) is 0. The predicted molar refractivity (Wildman–Crippen MR) is 225 cm³/mol. The Morgan fingerprint density at radius 2 is 0.840 bits per heavy atom. The summed E-state index contributed by atoms with van der Waals surface area (Å²) in [6.07, 6.45) is 35.4. The Morgan fingerprint density at radius 1 is 0.520 bits per heavy atom. The van der Waals surface area contributed by atoms with Crippen LogP contribution in [0.1, 0.15) is 135 Å². The zero-order chi connectivity index (χ0) is 33.7. The van der Waals surface area contributed by atoms with Crippen LogP contribution in [-0.2, 0) is 21.7 Å². The van der Waals surface area contributed by atoms with Crippen molar-refractivity contribution in [1.29, 1.82) is 0 Å². The largest absolute Gasteiger partial charge is 2.00 e. The summed E-state index contributed by atoms with van der Waals surface area (Å²) in [5.41, 5.74) is 4.07. The molecule has 4 aliphatic rings. The minimum atomic E-state index is 0. The van der Waals surface area contributed by atoms with Gasteiger partial charge in [0.25, 0.3) is 0 Å². The monoisotopic (exact) mass is 738 g/mol. The molecule has 8 rings (SSSR count). The molecule has 4 saturated carbocycles. The minimum absolute atomic E-state index is 0. The number of allylic oxidation sites excluding steroid dienone is 3. The van der Waals surface area contributed by atoms with E-state index in [0.29, 0.717) is 0 Å². The van der Waals surface area contributed by atoms with Crippen molar-refractivity contribution in [2.45, 2.75) is 158 Å². The first-order valence-electron chi connectivity index (χ1n) is 20.4. The molecule has 0 aromatic heterocycles. The fourth-order valence-electron chi connectivity index (χ4n) is 9.58. The number of fused-ring (bicyclic) bond motifs is 2. The summed E-state index contributed by atoms with van der Waals surface area (Å²) in [7, 11) is 0.122. The molecule has 266 valence electrons. The molecule has 0 aliphatic heterocycles. The van der Waals surface area contributed by atoms with Gasteiger partial charge in [-0.25, -0.2) is 0 Å². The molecule has 0 nitrogen and oxygen atoms in total. The first-order valence-corrected chi connectivity index (χ1v) is 23.3. The van der Waals surface area contributed by atoms with E-state index in [1.807, 2.05) is 19.1 Å². The van der Waals surface area contributed by atoms with Gasteiger partial charge in [0.15, 0.2) is 0 Å². The molecule has 0 heterocycles. The number of benzene rings is 2. The number of rotatable bonds is 7. The van der Waals surface area contributed by atoms with Crippen LogP contribution < -0.4 is 10.6 Å². The topological polar surface area (TPSA) is 0 Å². The third-order valence-corrected chi connectivity index (χ3v) is 18.9. The van der Waals surface area contributed by atoms with Gasteiger partial charge in [-0.05, 0) is 80.9 Å². The van der Waals surface area contributed by atoms with Gasteiger partial charge in [-0.15, -0.1) is 80.7 Å². The molecule has 0 saturated heterocycles. The van der Waals surface area contributed by atoms with E-state index in [9.17, 15) is 0 Å². The molecule has 4 aromatic rings. The van der Waals surface area contributed by atoms with E-state index in [1.165, 1.54) is 150 Å². The quantitative estimate of drug-likeness (QED) is 0.0767. The molecule has 0 atom stereocenters. The second-order valence-corrected chi connectivity index (χ2v) is 21.0. The van der Waals surface area contributed by atoms with Crippen LogP contribution in [0.3, 0.4) is 0 Å². The van der Waals surface area contributed by atoms with Crippen molar-refractivity contribution in [3.63, 3.8) is 0 Å². The Balaban J connectivity index is 0.000000169. The SMILES string of the molecule is C=CC=CC.[Ti+2].c1ccc2[cH-]c(P(C3CCCCC3)C3CCCCC3)cc2c1.c1ccc2[cH-]c(P(C3CCCCC3)C3CCCCC3)cc2c1. The van der Waals surface area contributed by atoms with Crippen LogP contribution in [0.5, 0.6) is 0 Å². The molecule has 0 unspecified atom stereocenters. The fraction of sp³-hybridized carbons (Fsp3) is 0.532. The maximum atomic E-state index is 3.46. The summed E-state index contributed by atoms with van der Waals surface area (Å²) in [5, 5.41) is 9.34. The first-order chi connectivity index (χ1) is 24.2. The molecule has 0 radical (unpaired) electrons. The van der Waals surface area contributed by atoms with Crippen LogP contribution in [0.4, 0.5) is 0 Å². The summed E-state index contributed by atoms with van der Waals surface area (Å²) in [5.74, 6) is 0. The molecule has 4 aromatic carbocycles. The predicted octanol–water partition coefficient (Wildman–Crippen LogP) is 14.4. The van der Waals surface area contributed by atoms with Gasteiger partial charge < -0.3 is 0 Å². The zero-order valence-corrected chi connectivity index (χ0v) is 34.6. The van der Waals surface area contributed by atoms with Crippen molar-refractivity contribution in [1.82, 2.24) is 0 Å². The van der Waals surface area contributed by atoms with Gasteiger partial charge in [0.2, 0.25) is 0 Å². The van der Waals surface area contributed by atoms with Crippen LogP contribution in [0.2, 0.25) is 0 Å². The minimum Gasteiger partial charge on any atom is -0.161 e. The Hall–Kier alpha value is -1.29. The Labute approximate surface area is 323 Å². The summed E-state index contributed by atoms with van der Waals surface area (Å²) < 4.78 is 0. The van der Waals surface area contributed by atoms with Crippen LogP contribution >= 0.6 is 15.8 Å². The van der Waals surface area contributed by atoms with Crippen molar-refractivity contribution in [3.05, 3.63) is 97.6 Å². The van der Waals surface area contributed by atoms with Crippen molar-refractivity contribution in [2.24, 2.45) is 0 Å². The molecule has 0 amide bonds. The second kappa shape index (κ2) is 21.4. The molecule has 3 heteroatoms. The molecular weight excluding hydrogens is 674 g/mol. The van der Waals surface area contributed by atoms with E-state index in [1.54, 1.807) is 16.7 Å². The van der Waals surface area contributed by atoms with Gasteiger partial charge >= 0.3 is 21.7 Å². The van der Waals surface area contributed by atoms with Gasteiger partial charge in [-0.1, -0.05) is 130 Å². The third-order valence-electron chi connectivity index (χ3n) is 12.0. The Bertz CT molecular complexity index is 1340. The van der Waals surface area contributed by atoms with Crippen LogP contribution in [0.15, 0.2) is 97.6 Å². The normalized spacial score (nSPS) is 20.0. The average Bonchev–Trinajstić information content (AvgIpc) is 3.79. The first kappa shape index (κ1) is 39.9. The maximum Gasteiger partial charge on any atom is 2.00 e. The van der Waals surface area contributed by atoms with E-state index < -0.39 is 0 Å². The van der Waals surface area contributed by atoms with Crippen LogP contribution in [-0.4, -0.2) is 22.6 Å². The molecule has 50 heavy (non-hydrogen) atoms. The van der Waals surface area contributed by atoms with Crippen molar-refractivity contribution in [2.75, 3.05) is 0 Å². The molecule has 0 bridgehead atoms. The fourth-order valence-corrected chi connectivity index (χ4v) is 17.3. The summed E-state index contributed by atoms with van der Waals surface area (Å²) >= 11 is 0. The maximum absolute atomic E-state index is 3.46. The van der Waals surface area contributed by atoms with Crippen molar-refractivity contribution < 1.29 is 21.7 Å². The molecular formula is C47H64P2Ti. The smallest absolute Gasteiger partial charge is 0.161 e. The third kappa shape index (κ3) is 10.9. The van der Waals surface area contributed by atoms with Crippen LogP contribution in [0.25, 0.3) is 21.5 Å². The van der Waals surface area contributed by atoms with Gasteiger partial charge in [-0.3, -0.25) is 0 Å². The molecule has 0 N–H and O–H groups in total. The van der Waals surface area contributed by atoms with Crippen LogP contribution in [0, 0.1) is 0 Å². The Kier molecular flexibility index (Phi) is 17.1. The van der Waals surface area contributed by atoms with Gasteiger partial charge in [0.1, 0.15) is 0 Å². The molecule has 0 spiro atoms. The van der Waals surface area contributed by atoms with Gasteiger partial charge in [0.05, 0.1) is 0 Å². The second-order valence-electron chi connectivity index (χ2n) is 15.4. The molecule has 4 aliphatic carbocycles. The van der Waals surface area contributed by atoms with E-state index in [-0.39, 0.29) is 37.6 Å². The number of hydrogen-bond acceptors (Lipinski definition) is 0. The Morgan fingerprint density at radius 3 is 1.10 bits per heavy atom. The van der Waals surface area contributed by atoms with Gasteiger partial charge in [-0.2, -0.15) is 12.1 Å². The summed E-state index contributed by atoms with van der Waals surface area (Å²) in [6.45, 7) is 5.42. The van der Waals surface area contributed by atoms with Gasteiger partial charge in [0, 0.05) is 0 Å². The van der Waals surface area contributed by atoms with E-state index in [2.05, 4.69) is 79.4 Å². The number of hydrogen-bond donors (Lipinski definition) is 0. The van der Waals surface area contributed by atoms with E-state index in [4.69, 9.17) is 0 Å².